The van der Waals surface area contributed by atoms with E-state index in [-0.39, 0.29) is 11.6 Å². The number of carbonyl (C=O) groups excluding carboxylic acids is 1. The summed E-state index contributed by atoms with van der Waals surface area (Å²) in [6.45, 7) is 2.44. The van der Waals surface area contributed by atoms with E-state index in [1.165, 1.54) is 11.3 Å². The molecule has 0 spiro atoms. The topological polar surface area (TPSA) is 96.7 Å². The minimum Gasteiger partial charge on any atom is -0.395 e. The van der Waals surface area contributed by atoms with Gasteiger partial charge < -0.3 is 11.1 Å². The van der Waals surface area contributed by atoms with Crippen LogP contribution >= 0.6 is 11.3 Å². The zero-order valence-corrected chi connectivity index (χ0v) is 10.9. The summed E-state index contributed by atoms with van der Waals surface area (Å²) in [6.07, 6.45) is 3.44. The van der Waals surface area contributed by atoms with Gasteiger partial charge in [-0.05, 0) is 6.42 Å². The smallest absolute Gasteiger partial charge is 0.274 e. The van der Waals surface area contributed by atoms with E-state index in [0.717, 1.165) is 23.5 Å². The molecule has 18 heavy (non-hydrogen) atoms. The Morgan fingerprint density at radius 3 is 3.11 bits per heavy atom. The van der Waals surface area contributed by atoms with E-state index in [4.69, 9.17) is 5.73 Å². The van der Waals surface area contributed by atoms with E-state index in [1.54, 1.807) is 6.20 Å². The van der Waals surface area contributed by atoms with Gasteiger partial charge in [-0.15, -0.1) is 11.3 Å². The summed E-state index contributed by atoms with van der Waals surface area (Å²) >= 11 is 1.49. The largest absolute Gasteiger partial charge is 0.395 e. The van der Waals surface area contributed by atoms with E-state index in [1.807, 2.05) is 12.3 Å². The molecule has 4 N–H and O–H groups in total. The van der Waals surface area contributed by atoms with Crippen LogP contribution in [0.15, 0.2) is 11.6 Å². The Balaban J connectivity index is 2.00. The maximum absolute atomic E-state index is 11.9. The summed E-state index contributed by atoms with van der Waals surface area (Å²) in [4.78, 5) is 16.0. The van der Waals surface area contributed by atoms with Gasteiger partial charge in [-0.25, -0.2) is 4.98 Å². The third-order valence-corrected chi connectivity index (χ3v) is 3.26. The molecule has 0 fully saturated rings. The second-order valence-electron chi connectivity index (χ2n) is 3.82. The van der Waals surface area contributed by atoms with Crippen molar-refractivity contribution < 1.29 is 4.79 Å². The van der Waals surface area contributed by atoms with Crippen LogP contribution in [-0.4, -0.2) is 21.1 Å². The molecule has 0 unspecified atom stereocenters. The van der Waals surface area contributed by atoms with Gasteiger partial charge >= 0.3 is 0 Å². The van der Waals surface area contributed by atoms with Crippen LogP contribution in [0.25, 0.3) is 0 Å². The molecule has 2 rings (SSSR count). The average Bonchev–Trinajstić information content (AvgIpc) is 2.98. The number of carbonyl (C=O) groups is 1. The van der Waals surface area contributed by atoms with Gasteiger partial charge in [0.15, 0.2) is 5.69 Å². The van der Waals surface area contributed by atoms with Crippen LogP contribution in [0.4, 0.5) is 5.69 Å². The number of aromatic nitrogens is 3. The van der Waals surface area contributed by atoms with E-state index in [2.05, 4.69) is 20.5 Å². The second kappa shape index (κ2) is 5.63. The highest BCUT2D eigenvalue weighted by molar-refractivity contribution is 7.09. The van der Waals surface area contributed by atoms with E-state index in [0.29, 0.717) is 12.2 Å². The first kappa shape index (κ1) is 12.6. The number of aryl methyl sites for hydroxylation is 1. The average molecular weight is 265 g/mol. The Labute approximate surface area is 109 Å². The molecule has 0 radical (unpaired) electrons. The molecule has 7 heteroatoms. The number of nitrogen functional groups attached to an aromatic ring is 1. The van der Waals surface area contributed by atoms with Crippen molar-refractivity contribution in [3.63, 3.8) is 0 Å². The predicted octanol–water partition coefficient (Wildman–Crippen LogP) is 1.33. The number of anilines is 1. The zero-order valence-electron chi connectivity index (χ0n) is 10.1. The molecule has 1 amide bonds. The van der Waals surface area contributed by atoms with Crippen molar-refractivity contribution in [3.05, 3.63) is 28.0 Å². The van der Waals surface area contributed by atoms with Crippen molar-refractivity contribution in [3.8, 4) is 0 Å². The van der Waals surface area contributed by atoms with E-state index >= 15 is 0 Å². The molecule has 0 saturated heterocycles. The highest BCUT2D eigenvalue weighted by Crippen LogP contribution is 2.15. The molecular weight excluding hydrogens is 250 g/mol. The molecule has 6 nitrogen and oxygen atoms in total. The first-order chi connectivity index (χ1) is 8.72. The zero-order chi connectivity index (χ0) is 13.0. The molecule has 0 bridgehead atoms. The van der Waals surface area contributed by atoms with Gasteiger partial charge in [0.2, 0.25) is 0 Å². The molecule has 0 atom stereocenters. The number of aromatic amines is 1. The molecule has 0 aliphatic carbocycles. The van der Waals surface area contributed by atoms with E-state index in [9.17, 15) is 4.79 Å². The van der Waals surface area contributed by atoms with Crippen LogP contribution in [0.1, 0.15) is 34.5 Å². The van der Waals surface area contributed by atoms with E-state index < -0.39 is 0 Å². The Morgan fingerprint density at radius 2 is 2.44 bits per heavy atom. The Morgan fingerprint density at radius 1 is 1.61 bits per heavy atom. The van der Waals surface area contributed by atoms with Gasteiger partial charge in [-0.3, -0.25) is 9.89 Å². The molecule has 0 saturated carbocycles. The van der Waals surface area contributed by atoms with Gasteiger partial charge in [-0.2, -0.15) is 5.10 Å². The highest BCUT2D eigenvalue weighted by atomic mass is 32.1. The number of nitrogens with two attached hydrogens (primary N) is 1. The van der Waals surface area contributed by atoms with Gasteiger partial charge in [0.25, 0.3) is 5.91 Å². The second-order valence-corrected chi connectivity index (χ2v) is 4.80. The summed E-state index contributed by atoms with van der Waals surface area (Å²) in [6, 6.07) is 0. The van der Waals surface area contributed by atoms with Gasteiger partial charge in [-0.1, -0.05) is 13.3 Å². The van der Waals surface area contributed by atoms with Crippen LogP contribution in [0.3, 0.4) is 0 Å². The fraction of sp³-hybridized carbons (Fsp3) is 0.364. The summed E-state index contributed by atoms with van der Waals surface area (Å²) in [5.74, 6) is -0.277. The van der Waals surface area contributed by atoms with Crippen LogP contribution in [0.5, 0.6) is 0 Å². The lowest BCUT2D eigenvalue weighted by atomic mass is 10.2. The number of rotatable bonds is 5. The number of amides is 1. The van der Waals surface area contributed by atoms with Crippen molar-refractivity contribution in [1.82, 2.24) is 20.5 Å². The number of nitrogens with one attached hydrogen (secondary N) is 2. The van der Waals surface area contributed by atoms with Crippen molar-refractivity contribution in [1.29, 1.82) is 0 Å². The summed E-state index contributed by atoms with van der Waals surface area (Å²) in [5.41, 5.74) is 7.39. The standard InChI is InChI=1S/C11H15N5OS/c1-2-3-7-9(12)10(16-15-7)11(17)14-6-8-13-4-5-18-8/h4-5H,2-3,6,12H2,1H3,(H,14,17)(H,15,16). The molecule has 2 aromatic rings. The van der Waals surface area contributed by atoms with Crippen LogP contribution in [0, 0.1) is 0 Å². The van der Waals surface area contributed by atoms with Crippen molar-refractivity contribution in [2.75, 3.05) is 5.73 Å². The third-order valence-electron chi connectivity index (χ3n) is 2.48. The molecule has 2 aromatic heterocycles. The fourth-order valence-corrected chi connectivity index (χ4v) is 2.14. The Kier molecular flexibility index (Phi) is 3.93. The summed E-state index contributed by atoms with van der Waals surface area (Å²) < 4.78 is 0. The third kappa shape index (κ3) is 2.67. The number of hydrogen-bond donors (Lipinski definition) is 3. The first-order valence-corrected chi connectivity index (χ1v) is 6.59. The molecule has 0 aliphatic heterocycles. The molecule has 2 heterocycles. The Bertz CT molecular complexity index is 520. The number of hydrogen-bond acceptors (Lipinski definition) is 5. The quantitative estimate of drug-likeness (QED) is 0.759. The van der Waals surface area contributed by atoms with Crippen molar-refractivity contribution in [2.45, 2.75) is 26.3 Å². The van der Waals surface area contributed by atoms with Gasteiger partial charge in [0, 0.05) is 11.6 Å². The molecule has 96 valence electrons. The molecule has 0 aromatic carbocycles. The monoisotopic (exact) mass is 265 g/mol. The van der Waals surface area contributed by atoms with Crippen LogP contribution < -0.4 is 11.1 Å². The van der Waals surface area contributed by atoms with Crippen LogP contribution in [0.2, 0.25) is 0 Å². The minimum atomic E-state index is -0.277. The first-order valence-electron chi connectivity index (χ1n) is 5.71. The van der Waals surface area contributed by atoms with Gasteiger partial charge in [0.1, 0.15) is 5.01 Å². The maximum atomic E-state index is 11.9. The Hall–Kier alpha value is -1.89. The number of thiazole rings is 1. The predicted molar refractivity (Wildman–Crippen MR) is 70.3 cm³/mol. The SMILES string of the molecule is CCCc1[nH]nc(C(=O)NCc2nccs2)c1N. The van der Waals surface area contributed by atoms with Crippen molar-refractivity contribution >= 4 is 22.9 Å². The number of H-pyrrole nitrogens is 1. The number of nitrogens with zero attached hydrogens (tertiary/aromatic N) is 2. The van der Waals surface area contributed by atoms with Gasteiger partial charge in [0.05, 0.1) is 17.9 Å². The van der Waals surface area contributed by atoms with Crippen LogP contribution in [-0.2, 0) is 13.0 Å². The minimum absolute atomic E-state index is 0.259. The summed E-state index contributed by atoms with van der Waals surface area (Å²) in [7, 11) is 0. The maximum Gasteiger partial charge on any atom is 0.274 e. The lowest BCUT2D eigenvalue weighted by molar-refractivity contribution is 0.0946. The summed E-state index contributed by atoms with van der Waals surface area (Å²) in [5, 5.41) is 12.2. The fourth-order valence-electron chi connectivity index (χ4n) is 1.58. The molecular formula is C11H15N5OS. The van der Waals surface area contributed by atoms with Crippen molar-refractivity contribution in [2.24, 2.45) is 0 Å². The lowest BCUT2D eigenvalue weighted by Crippen LogP contribution is -2.24. The highest BCUT2D eigenvalue weighted by Gasteiger charge is 2.16. The normalized spacial score (nSPS) is 10.5. The lowest BCUT2D eigenvalue weighted by Gasteiger charge is -2.01. The molecule has 0 aliphatic rings.